The molecule has 0 radical (unpaired) electrons. The number of rotatable bonds is 6. The molecule has 0 aliphatic carbocycles. The Balaban J connectivity index is 1.66. The fourth-order valence-corrected chi connectivity index (χ4v) is 4.02. The first-order chi connectivity index (χ1) is 14.2. The predicted octanol–water partition coefficient (Wildman–Crippen LogP) is 3.17. The second-order valence-corrected chi connectivity index (χ2v) is 7.58. The molecule has 2 aromatic carbocycles. The van der Waals surface area contributed by atoms with Crippen LogP contribution in [0.1, 0.15) is 37.3 Å². The molecular formula is C22H28N6O. The molecule has 152 valence electrons. The van der Waals surface area contributed by atoms with Crippen LogP contribution in [0.4, 0.5) is 5.69 Å². The predicted molar refractivity (Wildman–Crippen MR) is 113 cm³/mol. The van der Waals surface area contributed by atoms with Crippen LogP contribution < -0.4 is 9.64 Å². The number of hydrogen-bond acceptors (Lipinski definition) is 6. The third-order valence-corrected chi connectivity index (χ3v) is 5.49. The molecule has 29 heavy (non-hydrogen) atoms. The van der Waals surface area contributed by atoms with Crippen molar-refractivity contribution in [1.29, 1.82) is 0 Å². The Morgan fingerprint density at radius 2 is 1.59 bits per heavy atom. The lowest BCUT2D eigenvalue weighted by Crippen LogP contribution is -2.48. The first-order valence-corrected chi connectivity index (χ1v) is 10.1. The summed E-state index contributed by atoms with van der Waals surface area (Å²) in [4.78, 5) is 4.89. The maximum atomic E-state index is 5.69. The zero-order chi connectivity index (χ0) is 20.2. The highest BCUT2D eigenvalue weighted by atomic mass is 16.5. The van der Waals surface area contributed by atoms with E-state index in [1.54, 1.807) is 7.11 Å². The summed E-state index contributed by atoms with van der Waals surface area (Å²) in [5.74, 6) is 1.72. The van der Waals surface area contributed by atoms with Gasteiger partial charge in [-0.15, -0.1) is 5.10 Å². The second-order valence-electron chi connectivity index (χ2n) is 7.58. The molecule has 0 spiro atoms. The van der Waals surface area contributed by atoms with Crippen LogP contribution >= 0.6 is 0 Å². The number of para-hydroxylation sites is 2. The molecule has 4 rings (SSSR count). The van der Waals surface area contributed by atoms with Gasteiger partial charge in [0.15, 0.2) is 5.82 Å². The van der Waals surface area contributed by atoms with Crippen molar-refractivity contribution >= 4 is 5.69 Å². The average Bonchev–Trinajstić information content (AvgIpc) is 3.25. The van der Waals surface area contributed by atoms with Crippen molar-refractivity contribution in [3.63, 3.8) is 0 Å². The van der Waals surface area contributed by atoms with Gasteiger partial charge in [0.2, 0.25) is 0 Å². The van der Waals surface area contributed by atoms with E-state index in [1.165, 1.54) is 5.69 Å². The number of ether oxygens (including phenoxy) is 1. The molecule has 3 aromatic rings. The van der Waals surface area contributed by atoms with Crippen molar-refractivity contribution < 1.29 is 4.74 Å². The number of hydrogen-bond donors (Lipinski definition) is 0. The second kappa shape index (κ2) is 8.61. The van der Waals surface area contributed by atoms with E-state index in [0.29, 0.717) is 0 Å². The molecular weight excluding hydrogens is 364 g/mol. The van der Waals surface area contributed by atoms with Gasteiger partial charge in [-0.05, 0) is 42.5 Å². The van der Waals surface area contributed by atoms with Crippen molar-refractivity contribution in [2.24, 2.45) is 0 Å². The summed E-state index contributed by atoms with van der Waals surface area (Å²) in [6.07, 6.45) is 0. The number of tetrazole rings is 1. The molecule has 1 fully saturated rings. The van der Waals surface area contributed by atoms with E-state index in [1.807, 2.05) is 16.8 Å². The molecule has 1 aromatic heterocycles. The van der Waals surface area contributed by atoms with Crippen molar-refractivity contribution in [3.8, 4) is 5.75 Å². The Morgan fingerprint density at radius 1 is 0.897 bits per heavy atom. The normalized spacial score (nSPS) is 16.2. The highest BCUT2D eigenvalue weighted by molar-refractivity contribution is 5.46. The van der Waals surface area contributed by atoms with Crippen molar-refractivity contribution in [2.45, 2.75) is 25.9 Å². The lowest BCUT2D eigenvalue weighted by atomic mass is 10.0. The number of piperazine rings is 1. The van der Waals surface area contributed by atoms with E-state index in [2.05, 4.69) is 81.6 Å². The summed E-state index contributed by atoms with van der Waals surface area (Å²) in [7, 11) is 1.72. The van der Waals surface area contributed by atoms with Crippen LogP contribution in [0, 0.1) is 0 Å². The fourth-order valence-electron chi connectivity index (χ4n) is 4.02. The number of aromatic nitrogens is 4. The van der Waals surface area contributed by atoms with Crippen LogP contribution in [-0.4, -0.2) is 58.4 Å². The molecule has 7 heteroatoms. The monoisotopic (exact) mass is 392 g/mol. The first kappa shape index (κ1) is 19.4. The van der Waals surface area contributed by atoms with Crippen molar-refractivity contribution in [2.75, 3.05) is 38.2 Å². The topological polar surface area (TPSA) is 59.3 Å². The standard InChI is InChI=1S/C22H28N6O/c1-17(2)28-22(23-24-25-28)21(19-11-7-8-12-20(19)29-3)27-15-13-26(14-16-27)18-9-5-4-6-10-18/h4-12,17,21H,13-16H2,1-3H3/t21-/m0/s1. The molecule has 7 nitrogen and oxygen atoms in total. The zero-order valence-electron chi connectivity index (χ0n) is 17.3. The molecule has 0 amide bonds. The third kappa shape index (κ3) is 3.96. The molecule has 1 atom stereocenters. The molecule has 1 aliphatic rings. The molecule has 0 bridgehead atoms. The van der Waals surface area contributed by atoms with E-state index in [-0.39, 0.29) is 12.1 Å². The lowest BCUT2D eigenvalue weighted by Gasteiger charge is -2.40. The highest BCUT2D eigenvalue weighted by Gasteiger charge is 2.32. The van der Waals surface area contributed by atoms with Gasteiger partial charge in [0.1, 0.15) is 11.8 Å². The van der Waals surface area contributed by atoms with E-state index in [0.717, 1.165) is 43.3 Å². The number of anilines is 1. The zero-order valence-corrected chi connectivity index (χ0v) is 17.3. The van der Waals surface area contributed by atoms with Crippen molar-refractivity contribution in [3.05, 3.63) is 66.0 Å². The Hall–Kier alpha value is -2.93. The summed E-state index contributed by atoms with van der Waals surface area (Å²) in [5.41, 5.74) is 2.37. The van der Waals surface area contributed by atoms with Crippen LogP contribution in [0.25, 0.3) is 0 Å². The summed E-state index contributed by atoms with van der Waals surface area (Å²) < 4.78 is 7.61. The third-order valence-electron chi connectivity index (χ3n) is 5.49. The fraction of sp³-hybridized carbons (Fsp3) is 0.409. The molecule has 1 saturated heterocycles. The maximum absolute atomic E-state index is 5.69. The van der Waals surface area contributed by atoms with E-state index in [9.17, 15) is 0 Å². The van der Waals surface area contributed by atoms with E-state index in [4.69, 9.17) is 4.74 Å². The number of methoxy groups -OCH3 is 1. The van der Waals surface area contributed by atoms with E-state index < -0.39 is 0 Å². The largest absolute Gasteiger partial charge is 0.496 e. The Kier molecular flexibility index (Phi) is 5.76. The summed E-state index contributed by atoms with van der Waals surface area (Å²) in [5, 5.41) is 12.7. The van der Waals surface area contributed by atoms with Gasteiger partial charge in [0.25, 0.3) is 0 Å². The van der Waals surface area contributed by atoms with Crippen molar-refractivity contribution in [1.82, 2.24) is 25.1 Å². The minimum atomic E-state index is -0.0542. The molecule has 0 unspecified atom stereocenters. The van der Waals surface area contributed by atoms with Crippen LogP contribution in [-0.2, 0) is 0 Å². The average molecular weight is 393 g/mol. The highest BCUT2D eigenvalue weighted by Crippen LogP contribution is 2.35. The molecule has 0 saturated carbocycles. The molecule has 2 heterocycles. The number of nitrogens with zero attached hydrogens (tertiary/aromatic N) is 6. The SMILES string of the molecule is COc1ccccc1[C@@H](c1nnnn1C(C)C)N1CCN(c2ccccc2)CC1. The van der Waals surface area contributed by atoms with Gasteiger partial charge in [-0.25, -0.2) is 4.68 Å². The minimum absolute atomic E-state index is 0.0542. The van der Waals surface area contributed by atoms with Gasteiger partial charge in [0, 0.05) is 37.4 Å². The van der Waals surface area contributed by atoms with Gasteiger partial charge in [-0.2, -0.15) is 0 Å². The number of benzene rings is 2. The van der Waals surface area contributed by atoms with Crippen LogP contribution in [0.5, 0.6) is 5.75 Å². The Bertz CT molecular complexity index is 918. The van der Waals surface area contributed by atoms with Crippen LogP contribution in [0.3, 0.4) is 0 Å². The summed E-state index contributed by atoms with van der Waals surface area (Å²) >= 11 is 0. The first-order valence-electron chi connectivity index (χ1n) is 10.1. The Labute approximate surface area is 171 Å². The van der Waals surface area contributed by atoms with Gasteiger partial charge in [-0.1, -0.05) is 36.4 Å². The van der Waals surface area contributed by atoms with Gasteiger partial charge >= 0.3 is 0 Å². The van der Waals surface area contributed by atoms with E-state index >= 15 is 0 Å². The minimum Gasteiger partial charge on any atom is -0.496 e. The van der Waals surface area contributed by atoms with Gasteiger partial charge in [0.05, 0.1) is 13.2 Å². The van der Waals surface area contributed by atoms with Gasteiger partial charge in [-0.3, -0.25) is 4.90 Å². The Morgan fingerprint density at radius 3 is 2.28 bits per heavy atom. The van der Waals surface area contributed by atoms with Crippen LogP contribution in [0.15, 0.2) is 54.6 Å². The quantitative estimate of drug-likeness (QED) is 0.642. The maximum Gasteiger partial charge on any atom is 0.173 e. The van der Waals surface area contributed by atoms with Gasteiger partial charge < -0.3 is 9.64 Å². The molecule has 1 aliphatic heterocycles. The summed E-state index contributed by atoms with van der Waals surface area (Å²) in [6, 6.07) is 18.9. The van der Waals surface area contributed by atoms with Crippen LogP contribution in [0.2, 0.25) is 0 Å². The summed E-state index contributed by atoms with van der Waals surface area (Å²) in [6.45, 7) is 7.96. The smallest absolute Gasteiger partial charge is 0.173 e. The lowest BCUT2D eigenvalue weighted by molar-refractivity contribution is 0.195. The molecule has 0 N–H and O–H groups in total.